The summed E-state index contributed by atoms with van der Waals surface area (Å²) in [6, 6.07) is 15.4. The summed E-state index contributed by atoms with van der Waals surface area (Å²) in [7, 11) is -0.199. The van der Waals surface area contributed by atoms with E-state index in [1.807, 2.05) is 52.0 Å². The molecule has 0 aromatic heterocycles. The lowest BCUT2D eigenvalue weighted by atomic mass is 10.1. The van der Waals surface area contributed by atoms with E-state index in [1.54, 1.807) is 6.07 Å². The molecule has 1 N–H and O–H groups in total. The zero-order chi connectivity index (χ0) is 33.3. The zero-order valence-electron chi connectivity index (χ0n) is 26.8. The van der Waals surface area contributed by atoms with Gasteiger partial charge in [-0.3, -0.25) is 13.9 Å². The molecule has 0 aliphatic rings. The van der Waals surface area contributed by atoms with Crippen LogP contribution in [-0.4, -0.2) is 65.6 Å². The summed E-state index contributed by atoms with van der Waals surface area (Å²) in [6.45, 7) is 7.57. The van der Waals surface area contributed by atoms with Crippen molar-refractivity contribution in [2.45, 2.75) is 51.6 Å². The molecule has 0 bridgehead atoms. The normalized spacial score (nSPS) is 11.9. The summed E-state index contributed by atoms with van der Waals surface area (Å²) in [5, 5.41) is 3.17. The second-order valence-corrected chi connectivity index (χ2v) is 13.2. The highest BCUT2D eigenvalue weighted by Crippen LogP contribution is 2.37. The first kappa shape index (κ1) is 35.5. The van der Waals surface area contributed by atoms with Crippen molar-refractivity contribution in [3.8, 4) is 17.2 Å². The third-order valence-corrected chi connectivity index (χ3v) is 9.29. The number of hydrogen-bond donors (Lipinski definition) is 1. The SMILES string of the molecule is CC[C@H](C(=O)NCC(C)C)N(Cc1ccccc1C)C(=O)CN(c1cc(Cl)ccc1OC)S(=O)(=O)c1ccc(OC)c(OC)c1. The number of nitrogens with one attached hydrogen (secondary N) is 1. The number of rotatable bonds is 15. The molecule has 0 saturated carbocycles. The van der Waals surface area contributed by atoms with Gasteiger partial charge < -0.3 is 24.4 Å². The van der Waals surface area contributed by atoms with Crippen LogP contribution in [0.1, 0.15) is 38.3 Å². The largest absolute Gasteiger partial charge is 0.495 e. The number of carbonyl (C=O) groups excluding carboxylic acids is 2. The zero-order valence-corrected chi connectivity index (χ0v) is 28.4. The number of aryl methyl sites for hydroxylation is 1. The Bertz CT molecular complexity index is 1600. The van der Waals surface area contributed by atoms with Gasteiger partial charge in [0, 0.05) is 24.2 Å². The molecule has 1 atom stereocenters. The predicted molar refractivity (Wildman–Crippen MR) is 176 cm³/mol. The summed E-state index contributed by atoms with van der Waals surface area (Å²) in [5.74, 6) is 0.00504. The van der Waals surface area contributed by atoms with Gasteiger partial charge in [0.05, 0.1) is 31.9 Å². The minimum absolute atomic E-state index is 0.0567. The smallest absolute Gasteiger partial charge is 0.265 e. The number of hydrogen-bond acceptors (Lipinski definition) is 7. The Morgan fingerprint density at radius 2 is 1.56 bits per heavy atom. The maximum atomic E-state index is 14.4. The number of methoxy groups -OCH3 is 3. The molecule has 12 heteroatoms. The predicted octanol–water partition coefficient (Wildman–Crippen LogP) is 5.45. The van der Waals surface area contributed by atoms with Crippen LogP contribution in [0.25, 0.3) is 0 Å². The van der Waals surface area contributed by atoms with Crippen molar-refractivity contribution in [1.82, 2.24) is 10.2 Å². The molecule has 45 heavy (non-hydrogen) atoms. The van der Waals surface area contributed by atoms with E-state index in [-0.39, 0.29) is 45.5 Å². The number of nitrogens with zero attached hydrogens (tertiary/aromatic N) is 2. The molecular weight excluding hydrogens is 618 g/mol. The Kier molecular flexibility index (Phi) is 12.5. The molecule has 0 saturated heterocycles. The van der Waals surface area contributed by atoms with Crippen molar-refractivity contribution in [1.29, 1.82) is 0 Å². The van der Waals surface area contributed by atoms with Gasteiger partial charge in [-0.25, -0.2) is 8.42 Å². The van der Waals surface area contributed by atoms with Crippen LogP contribution in [-0.2, 0) is 26.2 Å². The molecule has 0 unspecified atom stereocenters. The molecule has 3 aromatic carbocycles. The van der Waals surface area contributed by atoms with Crippen LogP contribution in [0, 0.1) is 12.8 Å². The summed E-state index contributed by atoms with van der Waals surface area (Å²) in [4.78, 5) is 29.1. The number of benzene rings is 3. The van der Waals surface area contributed by atoms with Crippen molar-refractivity contribution in [3.05, 3.63) is 76.8 Å². The van der Waals surface area contributed by atoms with Gasteiger partial charge >= 0.3 is 0 Å². The molecule has 244 valence electrons. The van der Waals surface area contributed by atoms with Gasteiger partial charge in [0.15, 0.2) is 11.5 Å². The van der Waals surface area contributed by atoms with Crippen molar-refractivity contribution < 1.29 is 32.2 Å². The molecule has 0 fully saturated rings. The maximum Gasteiger partial charge on any atom is 0.265 e. The molecule has 0 aliphatic heterocycles. The van der Waals surface area contributed by atoms with Gasteiger partial charge in [-0.2, -0.15) is 0 Å². The van der Waals surface area contributed by atoms with Crippen LogP contribution in [0.15, 0.2) is 65.6 Å². The highest BCUT2D eigenvalue weighted by Gasteiger charge is 2.35. The van der Waals surface area contributed by atoms with Crippen LogP contribution in [0.4, 0.5) is 5.69 Å². The Morgan fingerprint density at radius 3 is 2.16 bits per heavy atom. The third-order valence-electron chi connectivity index (χ3n) is 7.30. The van der Waals surface area contributed by atoms with E-state index in [4.69, 9.17) is 25.8 Å². The monoisotopic (exact) mass is 659 g/mol. The van der Waals surface area contributed by atoms with Crippen molar-refractivity contribution in [3.63, 3.8) is 0 Å². The van der Waals surface area contributed by atoms with Gasteiger partial charge in [0.2, 0.25) is 11.8 Å². The first-order chi connectivity index (χ1) is 21.4. The van der Waals surface area contributed by atoms with Gasteiger partial charge in [0.1, 0.15) is 18.3 Å². The average Bonchev–Trinajstić information content (AvgIpc) is 3.02. The molecule has 2 amide bonds. The molecule has 3 aromatic rings. The molecule has 3 rings (SSSR count). The van der Waals surface area contributed by atoms with Gasteiger partial charge in [-0.15, -0.1) is 0 Å². The number of sulfonamides is 1. The average molecular weight is 660 g/mol. The van der Waals surface area contributed by atoms with E-state index >= 15 is 0 Å². The Morgan fingerprint density at radius 1 is 0.911 bits per heavy atom. The minimum Gasteiger partial charge on any atom is -0.495 e. The highest BCUT2D eigenvalue weighted by atomic mass is 35.5. The quantitative estimate of drug-likeness (QED) is 0.231. The molecule has 10 nitrogen and oxygen atoms in total. The van der Waals surface area contributed by atoms with Crippen LogP contribution in [0.3, 0.4) is 0 Å². The topological polar surface area (TPSA) is 114 Å². The van der Waals surface area contributed by atoms with Crippen LogP contribution < -0.4 is 23.8 Å². The van der Waals surface area contributed by atoms with Crippen molar-refractivity contribution in [2.24, 2.45) is 5.92 Å². The van der Waals surface area contributed by atoms with E-state index in [0.717, 1.165) is 15.4 Å². The Hall–Kier alpha value is -3.96. The number of anilines is 1. The second kappa shape index (κ2) is 15.9. The number of carbonyl (C=O) groups is 2. The third kappa shape index (κ3) is 8.61. The van der Waals surface area contributed by atoms with Gasteiger partial charge in [0.25, 0.3) is 10.0 Å². The van der Waals surface area contributed by atoms with E-state index in [9.17, 15) is 18.0 Å². The first-order valence-electron chi connectivity index (χ1n) is 14.6. The van der Waals surface area contributed by atoms with E-state index in [1.165, 1.54) is 56.6 Å². The van der Waals surface area contributed by atoms with E-state index < -0.39 is 28.5 Å². The summed E-state index contributed by atoms with van der Waals surface area (Å²) < 4.78 is 45.9. The maximum absolute atomic E-state index is 14.4. The van der Waals surface area contributed by atoms with Crippen LogP contribution in [0.2, 0.25) is 5.02 Å². The summed E-state index contributed by atoms with van der Waals surface area (Å²) in [5.41, 5.74) is 1.82. The fraction of sp³-hybridized carbons (Fsp3) is 0.394. The minimum atomic E-state index is -4.43. The number of ether oxygens (including phenoxy) is 3. The Labute approximate surface area is 271 Å². The van der Waals surface area contributed by atoms with E-state index in [2.05, 4.69) is 5.32 Å². The Balaban J connectivity index is 2.17. The second-order valence-electron chi connectivity index (χ2n) is 10.9. The highest BCUT2D eigenvalue weighted by molar-refractivity contribution is 7.92. The van der Waals surface area contributed by atoms with Crippen molar-refractivity contribution in [2.75, 3.05) is 38.7 Å². The number of amides is 2. The molecule has 0 aliphatic carbocycles. The summed E-state index contributed by atoms with van der Waals surface area (Å²) >= 11 is 6.34. The fourth-order valence-corrected chi connectivity index (χ4v) is 6.39. The van der Waals surface area contributed by atoms with E-state index in [0.29, 0.717) is 18.7 Å². The molecule has 0 spiro atoms. The fourth-order valence-electron chi connectivity index (χ4n) is 4.79. The molecule has 0 radical (unpaired) electrons. The number of halogens is 1. The van der Waals surface area contributed by atoms with Gasteiger partial charge in [-0.05, 0) is 60.7 Å². The van der Waals surface area contributed by atoms with Gasteiger partial charge in [-0.1, -0.05) is 56.6 Å². The van der Waals surface area contributed by atoms with Crippen LogP contribution in [0.5, 0.6) is 17.2 Å². The summed E-state index contributed by atoms with van der Waals surface area (Å²) in [6.07, 6.45) is 0.310. The lowest BCUT2D eigenvalue weighted by Gasteiger charge is -2.34. The molecule has 0 heterocycles. The standard InChI is InChI=1S/C33H42ClN3O7S/c1-8-27(33(39)35-19-22(2)3)36(20-24-12-10-9-11-23(24)4)32(38)21-37(28-17-25(34)13-15-29(28)42-5)45(40,41)26-14-16-30(43-6)31(18-26)44-7/h9-18,22,27H,8,19-21H2,1-7H3,(H,35,39)/t27-/m1/s1. The lowest BCUT2D eigenvalue weighted by molar-refractivity contribution is -0.140. The lowest BCUT2D eigenvalue weighted by Crippen LogP contribution is -2.52. The van der Waals surface area contributed by atoms with Crippen molar-refractivity contribution >= 4 is 39.1 Å². The molecular formula is C33H42ClN3O7S. The van der Waals surface area contributed by atoms with Crippen LogP contribution >= 0.6 is 11.6 Å². The first-order valence-corrected chi connectivity index (χ1v) is 16.4.